The third-order valence-electron chi connectivity index (χ3n) is 3.87. The normalized spacial score (nSPS) is 17.6. The Balaban J connectivity index is 1.66. The van der Waals surface area contributed by atoms with Crippen molar-refractivity contribution in [3.63, 3.8) is 0 Å². The molecule has 1 aromatic rings. The van der Waals surface area contributed by atoms with Crippen LogP contribution in [0.1, 0.15) is 38.5 Å². The molecule has 0 aromatic heterocycles. The van der Waals surface area contributed by atoms with Gasteiger partial charge >= 0.3 is 0 Å². The largest absolute Gasteiger partial charge is 0.355 e. The lowest BCUT2D eigenvalue weighted by atomic mass is 9.87. The van der Waals surface area contributed by atoms with Crippen molar-refractivity contribution in [3.05, 3.63) is 30.3 Å². The zero-order chi connectivity index (χ0) is 14.2. The Morgan fingerprint density at radius 3 is 2.55 bits per heavy atom. The first-order valence-electron chi connectivity index (χ1n) is 7.46. The highest BCUT2D eigenvalue weighted by molar-refractivity contribution is 7.85. The van der Waals surface area contributed by atoms with Gasteiger partial charge in [0.15, 0.2) is 0 Å². The van der Waals surface area contributed by atoms with Gasteiger partial charge in [0, 0.05) is 11.4 Å². The lowest BCUT2D eigenvalue weighted by Crippen LogP contribution is -2.30. The first kappa shape index (κ1) is 15.2. The molecule has 20 heavy (non-hydrogen) atoms. The molecule has 1 fully saturated rings. The maximum Gasteiger partial charge on any atom is 0.232 e. The molecule has 110 valence electrons. The monoisotopic (exact) mass is 293 g/mol. The molecule has 4 heteroatoms. The number of hydrogen-bond acceptors (Lipinski definition) is 2. The van der Waals surface area contributed by atoms with Crippen LogP contribution in [0.3, 0.4) is 0 Å². The van der Waals surface area contributed by atoms with E-state index in [1.165, 1.54) is 32.1 Å². The van der Waals surface area contributed by atoms with Gasteiger partial charge in [-0.3, -0.25) is 9.00 Å². The molecular weight excluding hydrogens is 270 g/mol. The standard InChI is InChI=1S/C16H23NO2S/c18-16(13-20(19)15-9-5-2-6-10-15)17-12-11-14-7-3-1-4-8-14/h2,5-6,9-10,14H,1,3-4,7-8,11-13H2,(H,17,18)/t20-/m1/s1. The molecule has 3 nitrogen and oxygen atoms in total. The van der Waals surface area contributed by atoms with Crippen LogP contribution in [0.25, 0.3) is 0 Å². The van der Waals surface area contributed by atoms with E-state index in [2.05, 4.69) is 5.32 Å². The van der Waals surface area contributed by atoms with E-state index >= 15 is 0 Å². The van der Waals surface area contributed by atoms with Crippen molar-refractivity contribution in [3.8, 4) is 0 Å². The van der Waals surface area contributed by atoms with Crippen LogP contribution in [0.15, 0.2) is 35.2 Å². The minimum atomic E-state index is -1.23. The van der Waals surface area contributed by atoms with Crippen LogP contribution in [0.5, 0.6) is 0 Å². The Morgan fingerprint density at radius 2 is 1.85 bits per heavy atom. The molecule has 1 aromatic carbocycles. The summed E-state index contributed by atoms with van der Waals surface area (Å²) in [5.74, 6) is 0.723. The van der Waals surface area contributed by atoms with E-state index in [0.717, 1.165) is 23.8 Å². The molecule has 1 N–H and O–H groups in total. The van der Waals surface area contributed by atoms with E-state index in [1.54, 1.807) is 12.1 Å². The Morgan fingerprint density at radius 1 is 1.15 bits per heavy atom. The predicted octanol–water partition coefficient (Wildman–Crippen LogP) is 2.88. The number of carbonyl (C=O) groups is 1. The van der Waals surface area contributed by atoms with Crippen molar-refractivity contribution in [1.29, 1.82) is 0 Å². The van der Waals surface area contributed by atoms with Crippen LogP contribution in [0.4, 0.5) is 0 Å². The lowest BCUT2D eigenvalue weighted by Gasteiger charge is -2.21. The van der Waals surface area contributed by atoms with E-state index in [4.69, 9.17) is 0 Å². The van der Waals surface area contributed by atoms with Crippen LogP contribution in [-0.4, -0.2) is 22.4 Å². The summed E-state index contributed by atoms with van der Waals surface area (Å²) in [6.45, 7) is 0.718. The number of amides is 1. The summed E-state index contributed by atoms with van der Waals surface area (Å²) in [4.78, 5) is 12.5. The van der Waals surface area contributed by atoms with E-state index in [0.29, 0.717) is 0 Å². The first-order valence-corrected chi connectivity index (χ1v) is 8.78. The SMILES string of the molecule is O=C(C[S@@](=O)c1ccccc1)NCCC1CCCCC1. The number of nitrogens with one attached hydrogen (secondary N) is 1. The number of carbonyl (C=O) groups excluding carboxylic acids is 1. The Kier molecular flexibility index (Phi) is 6.25. The average Bonchev–Trinajstić information content (AvgIpc) is 2.49. The van der Waals surface area contributed by atoms with Crippen molar-refractivity contribution in [2.45, 2.75) is 43.4 Å². The minimum Gasteiger partial charge on any atom is -0.355 e. The first-order chi connectivity index (χ1) is 9.75. The maximum atomic E-state index is 12.0. The summed E-state index contributed by atoms with van der Waals surface area (Å²) in [5, 5.41) is 2.90. The minimum absolute atomic E-state index is 0.0642. The highest BCUT2D eigenvalue weighted by Crippen LogP contribution is 2.25. The molecule has 0 unspecified atom stereocenters. The molecule has 0 bridgehead atoms. The van der Waals surface area contributed by atoms with E-state index in [1.807, 2.05) is 18.2 Å². The number of rotatable bonds is 6. The molecule has 2 rings (SSSR count). The second-order valence-corrected chi connectivity index (χ2v) is 6.90. The van der Waals surface area contributed by atoms with Gasteiger partial charge in [-0.1, -0.05) is 50.3 Å². The highest BCUT2D eigenvalue weighted by Gasteiger charge is 2.14. The summed E-state index contributed by atoms with van der Waals surface area (Å²) in [6, 6.07) is 9.16. The Labute approximate surface area is 123 Å². The van der Waals surface area contributed by atoms with Crippen LogP contribution < -0.4 is 5.32 Å². The van der Waals surface area contributed by atoms with Crippen LogP contribution >= 0.6 is 0 Å². The zero-order valence-electron chi connectivity index (χ0n) is 11.8. The van der Waals surface area contributed by atoms with Crippen molar-refractivity contribution < 1.29 is 9.00 Å². The van der Waals surface area contributed by atoms with Gasteiger partial charge in [-0.25, -0.2) is 0 Å². The van der Waals surface area contributed by atoms with Crippen LogP contribution in [0.2, 0.25) is 0 Å². The van der Waals surface area contributed by atoms with Crippen LogP contribution in [-0.2, 0) is 15.6 Å². The quantitative estimate of drug-likeness (QED) is 0.876. The molecule has 0 saturated heterocycles. The molecule has 0 heterocycles. The fourth-order valence-corrected chi connectivity index (χ4v) is 3.68. The number of benzene rings is 1. The topological polar surface area (TPSA) is 46.2 Å². The van der Waals surface area contributed by atoms with Gasteiger partial charge in [-0.15, -0.1) is 0 Å². The van der Waals surface area contributed by atoms with E-state index in [9.17, 15) is 9.00 Å². The Hall–Kier alpha value is -1.16. The van der Waals surface area contributed by atoms with Gasteiger partial charge in [-0.05, 0) is 24.5 Å². The highest BCUT2D eigenvalue weighted by atomic mass is 32.2. The summed E-state index contributed by atoms with van der Waals surface area (Å²) >= 11 is 0. The molecular formula is C16H23NO2S. The van der Waals surface area contributed by atoms with Gasteiger partial charge in [0.05, 0.1) is 10.8 Å². The van der Waals surface area contributed by atoms with Gasteiger partial charge in [-0.2, -0.15) is 0 Å². The second-order valence-electron chi connectivity index (χ2n) is 5.45. The van der Waals surface area contributed by atoms with Crippen molar-refractivity contribution >= 4 is 16.7 Å². The lowest BCUT2D eigenvalue weighted by molar-refractivity contribution is -0.118. The molecule has 0 radical (unpaired) electrons. The molecule has 1 aliphatic carbocycles. The van der Waals surface area contributed by atoms with Gasteiger partial charge in [0.2, 0.25) is 5.91 Å². The van der Waals surface area contributed by atoms with Crippen molar-refractivity contribution in [2.75, 3.05) is 12.3 Å². The van der Waals surface area contributed by atoms with Crippen molar-refractivity contribution in [1.82, 2.24) is 5.32 Å². The van der Waals surface area contributed by atoms with Gasteiger partial charge in [0.25, 0.3) is 0 Å². The van der Waals surface area contributed by atoms with Gasteiger partial charge in [0.1, 0.15) is 5.75 Å². The predicted molar refractivity (Wildman–Crippen MR) is 81.9 cm³/mol. The molecule has 1 aliphatic rings. The van der Waals surface area contributed by atoms with Gasteiger partial charge < -0.3 is 5.32 Å². The van der Waals surface area contributed by atoms with Crippen LogP contribution in [0, 0.1) is 5.92 Å². The molecule has 0 aliphatic heterocycles. The summed E-state index contributed by atoms with van der Waals surface area (Å²) in [6.07, 6.45) is 7.67. The van der Waals surface area contributed by atoms with E-state index < -0.39 is 10.8 Å². The summed E-state index contributed by atoms with van der Waals surface area (Å²) in [5.41, 5.74) is 0. The third kappa shape index (κ3) is 5.08. The fraction of sp³-hybridized carbons (Fsp3) is 0.562. The zero-order valence-corrected chi connectivity index (χ0v) is 12.7. The number of hydrogen-bond donors (Lipinski definition) is 1. The van der Waals surface area contributed by atoms with E-state index in [-0.39, 0.29) is 11.7 Å². The smallest absolute Gasteiger partial charge is 0.232 e. The average molecular weight is 293 g/mol. The summed E-state index contributed by atoms with van der Waals surface area (Å²) in [7, 11) is -1.23. The Bertz CT molecular complexity index is 441. The second kappa shape index (κ2) is 8.20. The molecule has 1 atom stereocenters. The molecule has 0 spiro atoms. The fourth-order valence-electron chi connectivity index (χ4n) is 2.72. The summed E-state index contributed by atoms with van der Waals surface area (Å²) < 4.78 is 12.0. The van der Waals surface area contributed by atoms with Crippen molar-refractivity contribution in [2.24, 2.45) is 5.92 Å². The molecule has 1 saturated carbocycles. The maximum absolute atomic E-state index is 12.0. The third-order valence-corrected chi connectivity index (χ3v) is 5.19. The molecule has 1 amide bonds.